The molecule has 3 rings (SSSR count). The van der Waals surface area contributed by atoms with E-state index < -0.39 is 16.1 Å². The number of rotatable bonds is 14. The highest BCUT2D eigenvalue weighted by Crippen LogP contribution is 2.26. The normalized spacial score (nSPS) is 12.8. The van der Waals surface area contributed by atoms with Crippen molar-refractivity contribution in [2.75, 3.05) is 17.1 Å². The summed E-state index contributed by atoms with van der Waals surface area (Å²) in [6.07, 6.45) is 2.71. The zero-order valence-corrected chi connectivity index (χ0v) is 27.5. The molecule has 0 spiro atoms. The Bertz CT molecular complexity index is 1460. The summed E-state index contributed by atoms with van der Waals surface area (Å²) in [7, 11) is -3.58. The van der Waals surface area contributed by atoms with Crippen LogP contribution in [0.25, 0.3) is 0 Å². The first-order valence-electron chi connectivity index (χ1n) is 14.3. The van der Waals surface area contributed by atoms with Crippen molar-refractivity contribution in [2.45, 2.75) is 72.0 Å². The van der Waals surface area contributed by atoms with Gasteiger partial charge in [-0.1, -0.05) is 77.5 Å². The van der Waals surface area contributed by atoms with Gasteiger partial charge < -0.3 is 10.2 Å². The summed E-state index contributed by atoms with van der Waals surface area (Å²) in [4.78, 5) is 29.3. The molecule has 0 aromatic heterocycles. The standard InChI is InChI=1S/C33H42BrN3O4S/c1-6-25(3)35-33(39)31(22-27-14-8-7-9-15-27)36(23-28-16-11-17-29(34)21-28)32(38)19-12-20-37(42(5,40)41)30-18-10-13-24(2)26(30)4/h7-11,13-18,21,25,31H,6,12,19-20,22-23H2,1-5H3,(H,35,39)/t25-,31+/m0/s1. The summed E-state index contributed by atoms with van der Waals surface area (Å²) in [6.45, 7) is 8.20. The minimum Gasteiger partial charge on any atom is -0.352 e. The van der Waals surface area contributed by atoms with Crippen LogP contribution in [0.1, 0.15) is 55.4 Å². The smallest absolute Gasteiger partial charge is 0.243 e. The van der Waals surface area contributed by atoms with Crippen LogP contribution >= 0.6 is 15.9 Å². The number of halogens is 1. The molecule has 0 saturated carbocycles. The van der Waals surface area contributed by atoms with Crippen LogP contribution in [0.15, 0.2) is 77.3 Å². The Hall–Kier alpha value is -3.17. The number of nitrogens with zero attached hydrogens (tertiary/aromatic N) is 2. The van der Waals surface area contributed by atoms with Gasteiger partial charge in [0.15, 0.2) is 0 Å². The lowest BCUT2D eigenvalue weighted by molar-refractivity contribution is -0.141. The Kier molecular flexibility index (Phi) is 12.2. The molecular weight excluding hydrogens is 614 g/mol. The molecule has 226 valence electrons. The van der Waals surface area contributed by atoms with Crippen molar-refractivity contribution in [1.82, 2.24) is 10.2 Å². The first-order valence-corrected chi connectivity index (χ1v) is 17.0. The first kappa shape index (κ1) is 33.3. The van der Waals surface area contributed by atoms with Gasteiger partial charge in [0.1, 0.15) is 6.04 Å². The zero-order chi connectivity index (χ0) is 30.9. The van der Waals surface area contributed by atoms with E-state index in [2.05, 4.69) is 21.2 Å². The highest BCUT2D eigenvalue weighted by atomic mass is 79.9. The summed E-state index contributed by atoms with van der Waals surface area (Å²) in [5, 5.41) is 3.08. The molecule has 42 heavy (non-hydrogen) atoms. The van der Waals surface area contributed by atoms with Crippen LogP contribution in [-0.2, 0) is 32.6 Å². The Morgan fingerprint density at radius 1 is 0.952 bits per heavy atom. The second-order valence-corrected chi connectivity index (χ2v) is 13.7. The highest BCUT2D eigenvalue weighted by Gasteiger charge is 2.31. The molecule has 9 heteroatoms. The molecule has 7 nitrogen and oxygen atoms in total. The van der Waals surface area contributed by atoms with Gasteiger partial charge in [0, 0.05) is 36.4 Å². The largest absolute Gasteiger partial charge is 0.352 e. The Balaban J connectivity index is 1.91. The van der Waals surface area contributed by atoms with Crippen LogP contribution in [0.2, 0.25) is 0 Å². The van der Waals surface area contributed by atoms with Crippen LogP contribution in [0, 0.1) is 13.8 Å². The maximum atomic E-state index is 14.0. The zero-order valence-electron chi connectivity index (χ0n) is 25.1. The number of hydrogen-bond acceptors (Lipinski definition) is 4. The minimum atomic E-state index is -3.58. The van der Waals surface area contributed by atoms with Gasteiger partial charge in [-0.05, 0) is 74.1 Å². The number of carbonyl (C=O) groups excluding carboxylic acids is 2. The molecule has 0 aliphatic heterocycles. The summed E-state index contributed by atoms with van der Waals surface area (Å²) >= 11 is 3.52. The molecule has 0 heterocycles. The van der Waals surface area contributed by atoms with Crippen LogP contribution in [0.4, 0.5) is 5.69 Å². The quantitative estimate of drug-likeness (QED) is 0.225. The number of hydrogen-bond donors (Lipinski definition) is 1. The third kappa shape index (κ3) is 9.42. The first-order chi connectivity index (χ1) is 19.9. The second kappa shape index (κ2) is 15.3. The fraction of sp³-hybridized carbons (Fsp3) is 0.394. The van der Waals surface area contributed by atoms with Crippen molar-refractivity contribution in [1.29, 1.82) is 0 Å². The number of sulfonamides is 1. The maximum absolute atomic E-state index is 14.0. The number of benzene rings is 3. The Labute approximate surface area is 259 Å². The number of anilines is 1. The second-order valence-electron chi connectivity index (χ2n) is 10.8. The van der Waals surface area contributed by atoms with E-state index in [0.29, 0.717) is 18.5 Å². The lowest BCUT2D eigenvalue weighted by Crippen LogP contribution is -2.52. The molecule has 3 aromatic rings. The van der Waals surface area contributed by atoms with Crippen LogP contribution < -0.4 is 9.62 Å². The molecule has 1 N–H and O–H groups in total. The molecule has 0 fully saturated rings. The van der Waals surface area contributed by atoms with E-state index in [1.807, 2.05) is 94.4 Å². The molecular formula is C33H42BrN3O4S. The summed E-state index contributed by atoms with van der Waals surface area (Å²) in [5.74, 6) is -0.408. The number of amides is 2. The predicted molar refractivity (Wildman–Crippen MR) is 174 cm³/mol. The average molecular weight is 657 g/mol. The van der Waals surface area contributed by atoms with Crippen LogP contribution in [-0.4, -0.2) is 50.0 Å². The summed E-state index contributed by atoms with van der Waals surface area (Å²) < 4.78 is 27.8. The van der Waals surface area contributed by atoms with E-state index in [1.165, 1.54) is 10.6 Å². The van der Waals surface area contributed by atoms with Gasteiger partial charge in [0.05, 0.1) is 11.9 Å². The van der Waals surface area contributed by atoms with Crippen molar-refractivity contribution < 1.29 is 18.0 Å². The fourth-order valence-corrected chi connectivity index (χ4v) is 6.28. The molecule has 2 amide bonds. The van der Waals surface area contributed by atoms with E-state index >= 15 is 0 Å². The number of carbonyl (C=O) groups is 2. The van der Waals surface area contributed by atoms with E-state index in [0.717, 1.165) is 33.1 Å². The minimum absolute atomic E-state index is 0.0421. The average Bonchev–Trinajstić information content (AvgIpc) is 2.94. The van der Waals surface area contributed by atoms with Gasteiger partial charge in [0.25, 0.3) is 0 Å². The molecule has 3 aromatic carbocycles. The molecule has 2 atom stereocenters. The van der Waals surface area contributed by atoms with Crippen LogP contribution in [0.5, 0.6) is 0 Å². The van der Waals surface area contributed by atoms with E-state index in [1.54, 1.807) is 11.0 Å². The molecule has 0 aliphatic carbocycles. The van der Waals surface area contributed by atoms with Gasteiger partial charge in [-0.2, -0.15) is 0 Å². The van der Waals surface area contributed by atoms with E-state index in [9.17, 15) is 18.0 Å². The lowest BCUT2D eigenvalue weighted by Gasteiger charge is -2.33. The summed E-state index contributed by atoms with van der Waals surface area (Å²) in [6, 6.07) is 22.2. The van der Waals surface area contributed by atoms with E-state index in [4.69, 9.17) is 0 Å². The summed E-state index contributed by atoms with van der Waals surface area (Å²) in [5.41, 5.74) is 4.33. The molecule has 0 saturated heterocycles. The van der Waals surface area contributed by atoms with Crippen molar-refractivity contribution in [3.05, 3.63) is 99.5 Å². The SMILES string of the molecule is CC[C@H](C)NC(=O)[C@@H](Cc1ccccc1)N(Cc1cccc(Br)c1)C(=O)CCCN(c1cccc(C)c1C)S(C)(=O)=O. The van der Waals surface area contributed by atoms with E-state index in [-0.39, 0.29) is 37.4 Å². The molecule has 0 radical (unpaired) electrons. The van der Waals surface area contributed by atoms with Gasteiger partial charge in [0.2, 0.25) is 21.8 Å². The highest BCUT2D eigenvalue weighted by molar-refractivity contribution is 9.10. The fourth-order valence-electron chi connectivity index (χ4n) is 4.82. The monoisotopic (exact) mass is 655 g/mol. The van der Waals surface area contributed by atoms with Crippen molar-refractivity contribution in [3.63, 3.8) is 0 Å². The number of aryl methyl sites for hydroxylation is 1. The topological polar surface area (TPSA) is 86.8 Å². The lowest BCUT2D eigenvalue weighted by atomic mass is 10.0. The number of nitrogens with one attached hydrogen (secondary N) is 1. The predicted octanol–water partition coefficient (Wildman–Crippen LogP) is 6.17. The molecule has 0 unspecified atom stereocenters. The van der Waals surface area contributed by atoms with Crippen molar-refractivity contribution >= 4 is 43.5 Å². The van der Waals surface area contributed by atoms with Crippen molar-refractivity contribution in [3.8, 4) is 0 Å². The Morgan fingerprint density at radius 2 is 1.62 bits per heavy atom. The van der Waals surface area contributed by atoms with Crippen molar-refractivity contribution in [2.24, 2.45) is 0 Å². The third-order valence-corrected chi connectivity index (χ3v) is 9.18. The maximum Gasteiger partial charge on any atom is 0.243 e. The molecule has 0 aliphatic rings. The van der Waals surface area contributed by atoms with Gasteiger partial charge in [-0.15, -0.1) is 0 Å². The molecule has 0 bridgehead atoms. The van der Waals surface area contributed by atoms with Gasteiger partial charge in [-0.25, -0.2) is 8.42 Å². The third-order valence-electron chi connectivity index (χ3n) is 7.51. The van der Waals surface area contributed by atoms with Gasteiger partial charge in [-0.3, -0.25) is 13.9 Å². The Morgan fingerprint density at radius 3 is 2.26 bits per heavy atom. The van der Waals surface area contributed by atoms with Crippen LogP contribution in [0.3, 0.4) is 0 Å². The van der Waals surface area contributed by atoms with Gasteiger partial charge >= 0.3 is 0 Å².